The maximum atomic E-state index is 12.8. The van der Waals surface area contributed by atoms with Gasteiger partial charge in [0.15, 0.2) is 0 Å². The molecule has 26 heavy (non-hydrogen) atoms. The fraction of sp³-hybridized carbons (Fsp3) is 0.619. The second kappa shape index (κ2) is 6.93. The lowest BCUT2D eigenvalue weighted by molar-refractivity contribution is -0.129. The molecule has 5 heteroatoms. The fourth-order valence-corrected chi connectivity index (χ4v) is 4.68. The quantitative estimate of drug-likeness (QED) is 0.885. The molecule has 2 aliphatic heterocycles. The molecule has 2 fully saturated rings. The first-order chi connectivity index (χ1) is 12.6. The number of para-hydroxylation sites is 1. The second-order valence-corrected chi connectivity index (χ2v) is 8.13. The molecule has 1 aromatic carbocycles. The van der Waals surface area contributed by atoms with E-state index in [9.17, 15) is 9.59 Å². The molecule has 2 heterocycles. The predicted octanol–water partition coefficient (Wildman–Crippen LogP) is 3.20. The van der Waals surface area contributed by atoms with Crippen LogP contribution in [0, 0.1) is 5.92 Å². The van der Waals surface area contributed by atoms with Crippen molar-refractivity contribution >= 4 is 11.8 Å². The topological polar surface area (TPSA) is 58.6 Å². The van der Waals surface area contributed by atoms with E-state index in [1.807, 2.05) is 25.2 Å². The van der Waals surface area contributed by atoms with Crippen LogP contribution in [0.5, 0.6) is 5.75 Å². The van der Waals surface area contributed by atoms with Crippen LogP contribution in [0.15, 0.2) is 24.3 Å². The Morgan fingerprint density at radius 3 is 2.81 bits per heavy atom. The molecule has 0 aromatic heterocycles. The lowest BCUT2D eigenvalue weighted by Crippen LogP contribution is -2.46. The maximum absolute atomic E-state index is 12.8. The van der Waals surface area contributed by atoms with Crippen LogP contribution in [0.4, 0.5) is 0 Å². The predicted molar refractivity (Wildman–Crippen MR) is 98.7 cm³/mol. The van der Waals surface area contributed by atoms with Crippen LogP contribution in [0.2, 0.25) is 0 Å². The van der Waals surface area contributed by atoms with E-state index >= 15 is 0 Å². The van der Waals surface area contributed by atoms with Crippen molar-refractivity contribution in [2.24, 2.45) is 5.92 Å². The van der Waals surface area contributed by atoms with Crippen molar-refractivity contribution in [2.45, 2.75) is 63.0 Å². The molecule has 2 atom stereocenters. The van der Waals surface area contributed by atoms with Crippen molar-refractivity contribution in [3.8, 4) is 5.75 Å². The van der Waals surface area contributed by atoms with Crippen molar-refractivity contribution in [2.75, 3.05) is 13.6 Å². The van der Waals surface area contributed by atoms with Gasteiger partial charge in [-0.05, 0) is 25.3 Å². The molecular formula is C21H28N2O3. The number of carbonyl (C=O) groups is 2. The van der Waals surface area contributed by atoms with E-state index in [0.29, 0.717) is 19.4 Å². The number of hydrogen-bond donors (Lipinski definition) is 1. The van der Waals surface area contributed by atoms with Crippen molar-refractivity contribution in [1.29, 1.82) is 0 Å². The van der Waals surface area contributed by atoms with Crippen molar-refractivity contribution in [1.82, 2.24) is 10.2 Å². The molecule has 0 unspecified atom stereocenters. The Morgan fingerprint density at radius 2 is 2.00 bits per heavy atom. The van der Waals surface area contributed by atoms with Gasteiger partial charge in [0.05, 0.1) is 6.04 Å². The highest BCUT2D eigenvalue weighted by atomic mass is 16.5. The van der Waals surface area contributed by atoms with Gasteiger partial charge < -0.3 is 15.0 Å². The summed E-state index contributed by atoms with van der Waals surface area (Å²) in [6.07, 6.45) is 7.06. The molecule has 1 aromatic rings. The summed E-state index contributed by atoms with van der Waals surface area (Å²) in [6.45, 7) is 0.699. The van der Waals surface area contributed by atoms with Crippen molar-refractivity contribution < 1.29 is 14.3 Å². The van der Waals surface area contributed by atoms with E-state index < -0.39 is 0 Å². The summed E-state index contributed by atoms with van der Waals surface area (Å²) in [5.74, 6) is 1.37. The number of ether oxygens (including phenoxy) is 1. The van der Waals surface area contributed by atoms with Crippen LogP contribution in [0.1, 0.15) is 63.0 Å². The molecular weight excluding hydrogens is 328 g/mol. The Hall–Kier alpha value is -2.04. The highest BCUT2D eigenvalue weighted by Crippen LogP contribution is 2.44. The average Bonchev–Trinajstić information content (AvgIpc) is 3.15. The maximum Gasteiger partial charge on any atom is 0.223 e. The normalized spacial score (nSPS) is 29.2. The summed E-state index contributed by atoms with van der Waals surface area (Å²) in [5, 5.41) is 3.31. The number of likely N-dealkylation sites (tertiary alicyclic amines) is 1. The third-order valence-electron chi connectivity index (χ3n) is 6.36. The van der Waals surface area contributed by atoms with E-state index in [2.05, 4.69) is 11.4 Å². The van der Waals surface area contributed by atoms with Gasteiger partial charge in [0.2, 0.25) is 11.8 Å². The smallest absolute Gasteiger partial charge is 0.223 e. The van der Waals surface area contributed by atoms with Gasteiger partial charge in [-0.25, -0.2) is 0 Å². The number of nitrogens with one attached hydrogen (secondary N) is 1. The molecule has 1 aliphatic carbocycles. The summed E-state index contributed by atoms with van der Waals surface area (Å²) in [6, 6.07) is 7.98. The van der Waals surface area contributed by atoms with Gasteiger partial charge in [-0.1, -0.05) is 31.0 Å². The van der Waals surface area contributed by atoms with Gasteiger partial charge in [0.1, 0.15) is 11.4 Å². The van der Waals surface area contributed by atoms with Crippen LogP contribution < -0.4 is 10.1 Å². The average molecular weight is 356 g/mol. The van der Waals surface area contributed by atoms with E-state index in [0.717, 1.165) is 49.8 Å². The zero-order chi connectivity index (χ0) is 18.1. The molecule has 1 saturated heterocycles. The first-order valence-electron chi connectivity index (χ1n) is 9.89. The lowest BCUT2D eigenvalue weighted by Gasteiger charge is -2.42. The molecule has 5 nitrogen and oxygen atoms in total. The van der Waals surface area contributed by atoms with Crippen LogP contribution in [0.3, 0.4) is 0 Å². The summed E-state index contributed by atoms with van der Waals surface area (Å²) in [4.78, 5) is 26.7. The Labute approximate surface area is 155 Å². The largest absolute Gasteiger partial charge is 0.487 e. The monoisotopic (exact) mass is 356 g/mol. The Balaban J connectivity index is 1.58. The number of carbonyl (C=O) groups excluding carboxylic acids is 2. The zero-order valence-electron chi connectivity index (χ0n) is 15.5. The minimum Gasteiger partial charge on any atom is -0.487 e. The summed E-state index contributed by atoms with van der Waals surface area (Å²) >= 11 is 0. The SMILES string of the molecule is CN1CC[C@@]2(CCC1=O)C[C@H](NC(=O)C1CCCC1)c1ccccc1O2. The Bertz CT molecular complexity index is 698. The molecule has 1 saturated carbocycles. The van der Waals surface area contributed by atoms with E-state index in [4.69, 9.17) is 4.74 Å². The van der Waals surface area contributed by atoms with Crippen LogP contribution in [0.25, 0.3) is 0 Å². The summed E-state index contributed by atoms with van der Waals surface area (Å²) in [5.41, 5.74) is 0.691. The number of nitrogens with zero attached hydrogens (tertiary/aromatic N) is 1. The first kappa shape index (κ1) is 17.4. The number of hydrogen-bond acceptors (Lipinski definition) is 3. The Kier molecular flexibility index (Phi) is 4.63. The molecule has 1 spiro atoms. The molecule has 2 amide bonds. The first-order valence-corrected chi connectivity index (χ1v) is 9.89. The number of rotatable bonds is 2. The highest BCUT2D eigenvalue weighted by molar-refractivity contribution is 5.79. The standard InChI is InChI=1S/C21H28N2O3/c1-23-13-12-21(11-10-19(23)24)14-17(16-8-4-5-9-18(16)26-21)22-20(25)15-6-2-3-7-15/h4-5,8-9,15,17H,2-3,6-7,10-14H2,1H3,(H,22,25)/t17-,21-/m0/s1. The number of amides is 2. The van der Waals surface area contributed by atoms with Crippen LogP contribution in [-0.4, -0.2) is 35.9 Å². The van der Waals surface area contributed by atoms with E-state index in [1.165, 1.54) is 0 Å². The lowest BCUT2D eigenvalue weighted by atomic mass is 9.82. The van der Waals surface area contributed by atoms with E-state index in [1.54, 1.807) is 4.90 Å². The van der Waals surface area contributed by atoms with Crippen LogP contribution >= 0.6 is 0 Å². The molecule has 140 valence electrons. The van der Waals surface area contributed by atoms with Gasteiger partial charge in [0, 0.05) is 44.3 Å². The highest BCUT2D eigenvalue weighted by Gasteiger charge is 2.43. The summed E-state index contributed by atoms with van der Waals surface area (Å²) < 4.78 is 6.44. The zero-order valence-corrected chi connectivity index (χ0v) is 15.5. The van der Waals surface area contributed by atoms with Crippen molar-refractivity contribution in [3.05, 3.63) is 29.8 Å². The molecule has 0 radical (unpaired) electrons. The molecule has 4 rings (SSSR count). The Morgan fingerprint density at radius 1 is 1.23 bits per heavy atom. The van der Waals surface area contributed by atoms with Gasteiger partial charge in [0.25, 0.3) is 0 Å². The number of benzene rings is 1. The summed E-state index contributed by atoms with van der Waals surface area (Å²) in [7, 11) is 1.86. The minimum absolute atomic E-state index is 0.0356. The van der Waals surface area contributed by atoms with Gasteiger partial charge in [-0.2, -0.15) is 0 Å². The van der Waals surface area contributed by atoms with Gasteiger partial charge in [-0.3, -0.25) is 9.59 Å². The van der Waals surface area contributed by atoms with Gasteiger partial charge >= 0.3 is 0 Å². The number of fused-ring (bicyclic) bond motifs is 1. The third-order valence-corrected chi connectivity index (χ3v) is 6.36. The second-order valence-electron chi connectivity index (χ2n) is 8.13. The molecule has 3 aliphatic rings. The van der Waals surface area contributed by atoms with E-state index in [-0.39, 0.29) is 29.4 Å². The minimum atomic E-state index is -0.373. The fourth-order valence-electron chi connectivity index (χ4n) is 4.68. The van der Waals surface area contributed by atoms with Crippen LogP contribution in [-0.2, 0) is 9.59 Å². The molecule has 1 N–H and O–H groups in total. The van der Waals surface area contributed by atoms with Crippen molar-refractivity contribution in [3.63, 3.8) is 0 Å². The third kappa shape index (κ3) is 3.31. The van der Waals surface area contributed by atoms with Gasteiger partial charge in [-0.15, -0.1) is 0 Å². The molecule has 0 bridgehead atoms.